The summed E-state index contributed by atoms with van der Waals surface area (Å²) < 4.78 is 5.16. The predicted octanol–water partition coefficient (Wildman–Crippen LogP) is 3.21. The number of hydrogen-bond donors (Lipinski definition) is 1. The monoisotopic (exact) mass is 330 g/mol. The summed E-state index contributed by atoms with van der Waals surface area (Å²) in [5, 5.41) is 3.08. The summed E-state index contributed by atoms with van der Waals surface area (Å²) in [5.41, 5.74) is 1.10. The summed E-state index contributed by atoms with van der Waals surface area (Å²) in [5.74, 6) is 2.70. The van der Waals surface area contributed by atoms with Gasteiger partial charge in [0.15, 0.2) is 0 Å². The van der Waals surface area contributed by atoms with Crippen molar-refractivity contribution in [2.45, 2.75) is 51.6 Å². The molecule has 1 heterocycles. The first-order chi connectivity index (χ1) is 11.7. The van der Waals surface area contributed by atoms with Crippen molar-refractivity contribution < 1.29 is 9.53 Å². The second kappa shape index (κ2) is 8.02. The zero-order valence-electron chi connectivity index (χ0n) is 15.0. The van der Waals surface area contributed by atoms with Gasteiger partial charge in [0.1, 0.15) is 5.75 Å². The molecule has 3 atom stereocenters. The SMILES string of the molecule is COc1ccc(CNC(=O)[C@H](C)N2CC[C@@H]3CCCC[C@@H]3C2)cc1. The molecular formula is C20H30N2O2. The normalized spacial score (nSPS) is 25.6. The molecule has 2 fully saturated rings. The first kappa shape index (κ1) is 17.3. The number of carbonyl (C=O) groups excluding carboxylic acids is 1. The van der Waals surface area contributed by atoms with E-state index in [0.29, 0.717) is 6.54 Å². The molecule has 1 aromatic rings. The molecule has 0 unspecified atom stereocenters. The number of fused-ring (bicyclic) bond motifs is 1. The zero-order valence-corrected chi connectivity index (χ0v) is 15.0. The van der Waals surface area contributed by atoms with Crippen molar-refractivity contribution in [3.63, 3.8) is 0 Å². The summed E-state index contributed by atoms with van der Waals surface area (Å²) in [4.78, 5) is 14.9. The minimum atomic E-state index is -0.0360. The number of methoxy groups -OCH3 is 1. The highest BCUT2D eigenvalue weighted by Gasteiger charge is 2.34. The minimum Gasteiger partial charge on any atom is -0.497 e. The number of ether oxygens (including phenoxy) is 1. The lowest BCUT2D eigenvalue weighted by Gasteiger charge is -2.43. The third kappa shape index (κ3) is 4.10. The van der Waals surface area contributed by atoms with Crippen molar-refractivity contribution >= 4 is 5.91 Å². The van der Waals surface area contributed by atoms with Crippen molar-refractivity contribution in [1.29, 1.82) is 0 Å². The van der Waals surface area contributed by atoms with Crippen molar-refractivity contribution in [2.24, 2.45) is 11.8 Å². The number of benzene rings is 1. The van der Waals surface area contributed by atoms with E-state index in [9.17, 15) is 4.79 Å². The van der Waals surface area contributed by atoms with E-state index in [4.69, 9.17) is 4.74 Å². The van der Waals surface area contributed by atoms with Crippen LogP contribution >= 0.6 is 0 Å². The maximum Gasteiger partial charge on any atom is 0.237 e. The summed E-state index contributed by atoms with van der Waals surface area (Å²) in [6.07, 6.45) is 6.78. The lowest BCUT2D eigenvalue weighted by molar-refractivity contribution is -0.127. The van der Waals surface area contributed by atoms with Gasteiger partial charge in [0.05, 0.1) is 13.2 Å². The van der Waals surface area contributed by atoms with E-state index in [1.54, 1.807) is 7.11 Å². The van der Waals surface area contributed by atoms with Crippen LogP contribution in [0.3, 0.4) is 0 Å². The highest BCUT2D eigenvalue weighted by molar-refractivity contribution is 5.81. The van der Waals surface area contributed by atoms with Gasteiger partial charge in [-0.15, -0.1) is 0 Å². The quantitative estimate of drug-likeness (QED) is 0.901. The van der Waals surface area contributed by atoms with E-state index in [1.807, 2.05) is 31.2 Å². The smallest absolute Gasteiger partial charge is 0.237 e. The van der Waals surface area contributed by atoms with Crippen molar-refractivity contribution in [1.82, 2.24) is 10.2 Å². The maximum absolute atomic E-state index is 12.5. The molecule has 3 rings (SSSR count). The molecule has 0 aromatic heterocycles. The molecule has 0 radical (unpaired) electrons. The first-order valence-corrected chi connectivity index (χ1v) is 9.32. The number of nitrogens with one attached hydrogen (secondary N) is 1. The Labute approximate surface area is 145 Å². The molecule has 1 saturated heterocycles. The van der Waals surface area contributed by atoms with Crippen molar-refractivity contribution in [2.75, 3.05) is 20.2 Å². The van der Waals surface area contributed by atoms with Crippen LogP contribution in [0.15, 0.2) is 24.3 Å². The topological polar surface area (TPSA) is 41.6 Å². The molecule has 1 saturated carbocycles. The van der Waals surface area contributed by atoms with Crippen molar-refractivity contribution in [3.8, 4) is 5.75 Å². The molecule has 2 aliphatic rings. The fourth-order valence-electron chi connectivity index (χ4n) is 4.23. The van der Waals surface area contributed by atoms with Gasteiger partial charge in [-0.1, -0.05) is 31.4 Å². The molecule has 1 amide bonds. The molecule has 24 heavy (non-hydrogen) atoms. The van der Waals surface area contributed by atoms with E-state index in [1.165, 1.54) is 32.1 Å². The highest BCUT2D eigenvalue weighted by atomic mass is 16.5. The molecule has 0 bridgehead atoms. The van der Waals surface area contributed by atoms with Crippen LogP contribution in [-0.4, -0.2) is 37.0 Å². The van der Waals surface area contributed by atoms with Crippen LogP contribution in [0, 0.1) is 11.8 Å². The fourth-order valence-corrected chi connectivity index (χ4v) is 4.23. The molecule has 0 spiro atoms. The van der Waals surface area contributed by atoms with Crippen LogP contribution in [0.25, 0.3) is 0 Å². The summed E-state index contributed by atoms with van der Waals surface area (Å²) >= 11 is 0. The van der Waals surface area contributed by atoms with Gasteiger partial charge in [-0.2, -0.15) is 0 Å². The second-order valence-corrected chi connectivity index (χ2v) is 7.33. The van der Waals surface area contributed by atoms with Gasteiger partial charge in [-0.25, -0.2) is 0 Å². The lowest BCUT2D eigenvalue weighted by atomic mass is 9.75. The van der Waals surface area contributed by atoms with Crippen molar-refractivity contribution in [3.05, 3.63) is 29.8 Å². The van der Waals surface area contributed by atoms with E-state index >= 15 is 0 Å². The molecule has 1 aliphatic heterocycles. The van der Waals surface area contributed by atoms with Gasteiger partial charge >= 0.3 is 0 Å². The largest absolute Gasteiger partial charge is 0.497 e. The third-order valence-electron chi connectivity index (χ3n) is 5.88. The van der Waals surface area contributed by atoms with E-state index < -0.39 is 0 Å². The van der Waals surface area contributed by atoms with Gasteiger partial charge in [0, 0.05) is 13.1 Å². The standard InChI is InChI=1S/C20H30N2O2/c1-15(22-12-11-17-5-3-4-6-18(17)14-22)20(23)21-13-16-7-9-19(24-2)10-8-16/h7-10,15,17-18H,3-6,11-14H2,1-2H3,(H,21,23)/t15-,17-,18+/m0/s1. The van der Waals surface area contributed by atoms with Gasteiger partial charge in [-0.05, 0) is 55.8 Å². The Kier molecular flexibility index (Phi) is 5.77. The van der Waals surface area contributed by atoms with Gasteiger partial charge < -0.3 is 10.1 Å². The molecule has 1 N–H and O–H groups in total. The van der Waals surface area contributed by atoms with Crippen LogP contribution in [-0.2, 0) is 11.3 Å². The second-order valence-electron chi connectivity index (χ2n) is 7.33. The summed E-state index contributed by atoms with van der Waals surface area (Å²) in [6, 6.07) is 7.82. The number of amides is 1. The van der Waals surface area contributed by atoms with Gasteiger partial charge in [-0.3, -0.25) is 9.69 Å². The minimum absolute atomic E-state index is 0.0360. The summed E-state index contributed by atoms with van der Waals surface area (Å²) in [6.45, 7) is 4.79. The molecule has 132 valence electrons. The average molecular weight is 330 g/mol. The number of hydrogen-bond acceptors (Lipinski definition) is 3. The first-order valence-electron chi connectivity index (χ1n) is 9.32. The average Bonchev–Trinajstić information content (AvgIpc) is 2.65. The number of likely N-dealkylation sites (tertiary alicyclic amines) is 1. The van der Waals surface area contributed by atoms with Crippen LogP contribution in [0.4, 0.5) is 0 Å². The van der Waals surface area contributed by atoms with Crippen LogP contribution < -0.4 is 10.1 Å². The lowest BCUT2D eigenvalue weighted by Crippen LogP contribution is -2.51. The van der Waals surface area contributed by atoms with Crippen LogP contribution in [0.5, 0.6) is 5.75 Å². The Hall–Kier alpha value is -1.55. The molecule has 1 aromatic carbocycles. The number of piperidine rings is 1. The molecule has 1 aliphatic carbocycles. The Balaban J connectivity index is 1.49. The Morgan fingerprint density at radius 1 is 1.21 bits per heavy atom. The predicted molar refractivity (Wildman–Crippen MR) is 95.9 cm³/mol. The Morgan fingerprint density at radius 3 is 2.62 bits per heavy atom. The van der Waals surface area contributed by atoms with Crippen LogP contribution in [0.2, 0.25) is 0 Å². The molecular weight excluding hydrogens is 300 g/mol. The van der Waals surface area contributed by atoms with E-state index in [2.05, 4.69) is 10.2 Å². The van der Waals surface area contributed by atoms with Crippen LogP contribution in [0.1, 0.15) is 44.6 Å². The van der Waals surface area contributed by atoms with E-state index in [-0.39, 0.29) is 11.9 Å². The van der Waals surface area contributed by atoms with Gasteiger partial charge in [0.25, 0.3) is 0 Å². The van der Waals surface area contributed by atoms with E-state index in [0.717, 1.165) is 36.2 Å². The zero-order chi connectivity index (χ0) is 16.9. The molecule has 4 heteroatoms. The van der Waals surface area contributed by atoms with Gasteiger partial charge in [0.2, 0.25) is 5.91 Å². The Morgan fingerprint density at radius 2 is 1.92 bits per heavy atom. The number of nitrogens with zero attached hydrogens (tertiary/aromatic N) is 1. The Bertz CT molecular complexity index is 543. The summed E-state index contributed by atoms with van der Waals surface area (Å²) in [7, 11) is 1.66. The number of rotatable bonds is 5. The fraction of sp³-hybridized carbons (Fsp3) is 0.650. The third-order valence-corrected chi connectivity index (χ3v) is 5.88. The maximum atomic E-state index is 12.5. The molecule has 4 nitrogen and oxygen atoms in total. The highest BCUT2D eigenvalue weighted by Crippen LogP contribution is 2.36. The number of carbonyl (C=O) groups is 1.